The molecular formula is C16H12N6S. The molecule has 0 fully saturated rings. The van der Waals surface area contributed by atoms with Gasteiger partial charge in [-0.3, -0.25) is 0 Å². The van der Waals surface area contributed by atoms with E-state index in [0.717, 1.165) is 33.1 Å². The van der Waals surface area contributed by atoms with Crippen LogP contribution in [0, 0.1) is 0 Å². The number of nitrogens with zero attached hydrogens (tertiary/aromatic N) is 4. The second-order valence-electron chi connectivity index (χ2n) is 4.94. The molecule has 0 atom stereocenters. The Hall–Kier alpha value is -3.06. The molecule has 4 aromatic rings. The normalized spacial score (nSPS) is 10.8. The third-order valence-corrected chi connectivity index (χ3v) is 4.37. The van der Waals surface area contributed by atoms with Gasteiger partial charge in [-0.15, -0.1) is 21.5 Å². The molecule has 0 bridgehead atoms. The molecule has 4 rings (SSSR count). The largest absolute Gasteiger partial charge is 0.398 e. The Labute approximate surface area is 136 Å². The number of hydrogen-bond donors (Lipinski definition) is 2. The predicted molar refractivity (Wildman–Crippen MR) is 90.6 cm³/mol. The third kappa shape index (κ3) is 2.58. The van der Waals surface area contributed by atoms with Crippen molar-refractivity contribution in [1.82, 2.24) is 25.6 Å². The first kappa shape index (κ1) is 13.6. The van der Waals surface area contributed by atoms with E-state index in [1.54, 1.807) is 11.3 Å². The molecule has 3 N–H and O–H groups in total. The average Bonchev–Trinajstić information content (AvgIpc) is 3.27. The van der Waals surface area contributed by atoms with Crippen LogP contribution in [0.4, 0.5) is 5.69 Å². The van der Waals surface area contributed by atoms with Gasteiger partial charge < -0.3 is 5.73 Å². The van der Waals surface area contributed by atoms with Gasteiger partial charge >= 0.3 is 0 Å². The van der Waals surface area contributed by atoms with Gasteiger partial charge in [-0.1, -0.05) is 42.5 Å². The van der Waals surface area contributed by atoms with Gasteiger partial charge in [-0.05, 0) is 11.3 Å². The van der Waals surface area contributed by atoms with Gasteiger partial charge in [0.05, 0.1) is 5.69 Å². The van der Waals surface area contributed by atoms with E-state index < -0.39 is 0 Å². The fraction of sp³-hybridized carbons (Fsp3) is 0. The van der Waals surface area contributed by atoms with Crippen LogP contribution in [-0.4, -0.2) is 25.6 Å². The van der Waals surface area contributed by atoms with Crippen LogP contribution in [0.1, 0.15) is 0 Å². The molecule has 0 saturated heterocycles. The van der Waals surface area contributed by atoms with Crippen molar-refractivity contribution in [3.63, 3.8) is 0 Å². The average molecular weight is 320 g/mol. The Kier molecular flexibility index (Phi) is 3.32. The fourth-order valence-electron chi connectivity index (χ4n) is 2.31. The number of anilines is 1. The van der Waals surface area contributed by atoms with Gasteiger partial charge in [-0.2, -0.15) is 5.21 Å². The Morgan fingerprint density at radius 1 is 0.957 bits per heavy atom. The number of aromatic nitrogens is 5. The number of aromatic amines is 1. The second-order valence-corrected chi connectivity index (χ2v) is 5.80. The topological polar surface area (TPSA) is 93.4 Å². The minimum absolute atomic E-state index is 0.577. The monoisotopic (exact) mass is 320 g/mol. The van der Waals surface area contributed by atoms with Gasteiger partial charge in [0.25, 0.3) is 0 Å². The summed E-state index contributed by atoms with van der Waals surface area (Å²) in [5.41, 5.74) is 10.6. The van der Waals surface area contributed by atoms with E-state index in [1.807, 2.05) is 53.9 Å². The molecule has 0 unspecified atom stereocenters. The summed E-state index contributed by atoms with van der Waals surface area (Å²) in [6, 6.07) is 15.7. The summed E-state index contributed by atoms with van der Waals surface area (Å²) in [6.45, 7) is 0. The Balaban J connectivity index is 1.66. The molecule has 0 spiro atoms. The Bertz CT molecular complexity index is 927. The van der Waals surface area contributed by atoms with Crippen LogP contribution >= 0.6 is 11.3 Å². The molecule has 0 aliphatic heterocycles. The predicted octanol–water partition coefficient (Wildman–Crippen LogP) is 3.24. The zero-order chi connectivity index (χ0) is 15.6. The number of hydrogen-bond acceptors (Lipinski definition) is 6. The van der Waals surface area contributed by atoms with Crippen molar-refractivity contribution in [2.75, 3.05) is 5.73 Å². The van der Waals surface area contributed by atoms with Crippen LogP contribution in [-0.2, 0) is 0 Å². The molecule has 0 radical (unpaired) electrons. The Morgan fingerprint density at radius 3 is 2.48 bits per heavy atom. The van der Waals surface area contributed by atoms with Crippen LogP contribution in [0.15, 0.2) is 53.9 Å². The van der Waals surface area contributed by atoms with Gasteiger partial charge in [0, 0.05) is 27.8 Å². The fourth-order valence-corrected chi connectivity index (χ4v) is 3.13. The van der Waals surface area contributed by atoms with Crippen molar-refractivity contribution in [3.8, 4) is 33.2 Å². The molecule has 6 nitrogen and oxygen atoms in total. The molecular weight excluding hydrogens is 308 g/mol. The lowest BCUT2D eigenvalue weighted by Crippen LogP contribution is -1.89. The molecule has 112 valence electrons. The van der Waals surface area contributed by atoms with Crippen LogP contribution in [0.5, 0.6) is 0 Å². The van der Waals surface area contributed by atoms with E-state index in [9.17, 15) is 0 Å². The highest BCUT2D eigenvalue weighted by molar-refractivity contribution is 7.13. The van der Waals surface area contributed by atoms with E-state index in [1.165, 1.54) is 0 Å². The van der Waals surface area contributed by atoms with Gasteiger partial charge in [-0.25, -0.2) is 4.98 Å². The van der Waals surface area contributed by atoms with Crippen LogP contribution in [0.2, 0.25) is 0 Å². The standard InChI is InChI=1S/C16H12N6S/c17-13-4-2-1-3-12(13)14-9-23-16(18-14)11-7-5-10(6-8-11)15-19-21-22-20-15/h1-9H,17H2,(H,19,20,21,22). The quantitative estimate of drug-likeness (QED) is 0.565. The molecule has 2 aromatic heterocycles. The first-order valence-corrected chi connectivity index (χ1v) is 7.84. The zero-order valence-electron chi connectivity index (χ0n) is 12.0. The lowest BCUT2D eigenvalue weighted by Gasteiger charge is -2.01. The zero-order valence-corrected chi connectivity index (χ0v) is 12.8. The number of tetrazole rings is 1. The second kappa shape index (κ2) is 5.62. The van der Waals surface area contributed by atoms with Crippen molar-refractivity contribution in [1.29, 1.82) is 0 Å². The number of para-hydroxylation sites is 1. The number of H-pyrrole nitrogens is 1. The molecule has 0 aliphatic carbocycles. The highest BCUT2D eigenvalue weighted by Crippen LogP contribution is 2.32. The van der Waals surface area contributed by atoms with E-state index in [0.29, 0.717) is 5.82 Å². The van der Waals surface area contributed by atoms with Crippen molar-refractivity contribution in [2.45, 2.75) is 0 Å². The number of benzene rings is 2. The summed E-state index contributed by atoms with van der Waals surface area (Å²) in [6.07, 6.45) is 0. The minimum Gasteiger partial charge on any atom is -0.398 e. The van der Waals surface area contributed by atoms with E-state index in [4.69, 9.17) is 10.7 Å². The maximum Gasteiger partial charge on any atom is 0.204 e. The summed E-state index contributed by atoms with van der Waals surface area (Å²) in [7, 11) is 0. The van der Waals surface area contributed by atoms with Crippen molar-refractivity contribution in [3.05, 3.63) is 53.9 Å². The minimum atomic E-state index is 0.577. The molecule has 0 aliphatic rings. The van der Waals surface area contributed by atoms with E-state index in [-0.39, 0.29) is 0 Å². The van der Waals surface area contributed by atoms with Crippen LogP contribution in [0.25, 0.3) is 33.2 Å². The summed E-state index contributed by atoms with van der Waals surface area (Å²) in [4.78, 5) is 4.69. The van der Waals surface area contributed by atoms with Gasteiger partial charge in [0.15, 0.2) is 0 Å². The maximum atomic E-state index is 6.02. The first-order chi connectivity index (χ1) is 11.3. The first-order valence-electron chi connectivity index (χ1n) is 6.96. The van der Waals surface area contributed by atoms with Crippen molar-refractivity contribution >= 4 is 17.0 Å². The lowest BCUT2D eigenvalue weighted by molar-refractivity contribution is 0.881. The van der Waals surface area contributed by atoms with E-state index in [2.05, 4.69) is 20.6 Å². The SMILES string of the molecule is Nc1ccccc1-c1csc(-c2ccc(-c3nn[nH]n3)cc2)n1. The number of thiazole rings is 1. The molecule has 23 heavy (non-hydrogen) atoms. The lowest BCUT2D eigenvalue weighted by atomic mass is 10.1. The van der Waals surface area contributed by atoms with Crippen LogP contribution < -0.4 is 5.73 Å². The smallest absolute Gasteiger partial charge is 0.204 e. The summed E-state index contributed by atoms with van der Waals surface area (Å²) in [5, 5.41) is 16.9. The highest BCUT2D eigenvalue weighted by Gasteiger charge is 2.09. The third-order valence-electron chi connectivity index (χ3n) is 3.48. The molecule has 7 heteroatoms. The number of nitrogens with two attached hydrogens (primary N) is 1. The van der Waals surface area contributed by atoms with E-state index >= 15 is 0 Å². The summed E-state index contributed by atoms with van der Waals surface area (Å²) < 4.78 is 0. The van der Waals surface area contributed by atoms with Gasteiger partial charge in [0.2, 0.25) is 5.82 Å². The highest BCUT2D eigenvalue weighted by atomic mass is 32.1. The van der Waals surface area contributed by atoms with Crippen LogP contribution in [0.3, 0.4) is 0 Å². The number of rotatable bonds is 3. The summed E-state index contributed by atoms with van der Waals surface area (Å²) in [5.74, 6) is 0.577. The molecule has 2 heterocycles. The molecule has 0 saturated carbocycles. The summed E-state index contributed by atoms with van der Waals surface area (Å²) >= 11 is 1.59. The van der Waals surface area contributed by atoms with Gasteiger partial charge in [0.1, 0.15) is 5.01 Å². The number of nitrogen functional groups attached to an aromatic ring is 1. The van der Waals surface area contributed by atoms with Crippen molar-refractivity contribution in [2.24, 2.45) is 0 Å². The Morgan fingerprint density at radius 2 is 1.74 bits per heavy atom. The molecule has 0 amide bonds. The number of nitrogens with one attached hydrogen (secondary N) is 1. The van der Waals surface area contributed by atoms with Crippen molar-refractivity contribution < 1.29 is 0 Å². The maximum absolute atomic E-state index is 6.02. The molecule has 2 aromatic carbocycles.